The molecular weight excluding hydrogens is 458 g/mol. The zero-order valence-electron chi connectivity index (χ0n) is 17.1. The molecule has 1 fully saturated rings. The van der Waals surface area contributed by atoms with Crippen LogP contribution in [0.2, 0.25) is 0 Å². The van der Waals surface area contributed by atoms with Crippen LogP contribution in [0.5, 0.6) is 0 Å². The first-order valence-electron chi connectivity index (χ1n) is 10.00. The molecule has 4 rings (SSSR count). The van der Waals surface area contributed by atoms with Gasteiger partial charge < -0.3 is 5.32 Å². The van der Waals surface area contributed by atoms with E-state index in [-0.39, 0.29) is 15.6 Å². The van der Waals surface area contributed by atoms with E-state index in [9.17, 15) is 22.0 Å². The lowest BCUT2D eigenvalue weighted by Crippen LogP contribution is -2.30. The topological polar surface area (TPSA) is 92.3 Å². The molecule has 1 atom stereocenters. The van der Waals surface area contributed by atoms with Crippen LogP contribution in [0, 0.1) is 11.6 Å². The lowest BCUT2D eigenvalue weighted by molar-refractivity contribution is 0.102. The highest BCUT2D eigenvalue weighted by molar-refractivity contribution is 7.89. The molecule has 0 saturated carbocycles. The summed E-state index contributed by atoms with van der Waals surface area (Å²) in [6.45, 7) is 2.33. The van der Waals surface area contributed by atoms with Crippen molar-refractivity contribution in [1.29, 1.82) is 0 Å². The van der Waals surface area contributed by atoms with Gasteiger partial charge in [0.15, 0.2) is 0 Å². The maximum Gasteiger partial charge on any atom is 0.286 e. The number of hydrogen-bond acceptors (Lipinski definition) is 6. The van der Waals surface area contributed by atoms with Gasteiger partial charge in [0.05, 0.1) is 16.6 Å². The maximum absolute atomic E-state index is 13.8. The van der Waals surface area contributed by atoms with E-state index < -0.39 is 33.6 Å². The molecule has 7 nitrogen and oxygen atoms in total. The first kappa shape index (κ1) is 22.4. The van der Waals surface area contributed by atoms with Crippen LogP contribution in [0.1, 0.15) is 46.2 Å². The van der Waals surface area contributed by atoms with Crippen molar-refractivity contribution in [3.8, 4) is 0 Å². The average molecular weight is 479 g/mol. The molecule has 1 saturated heterocycles. The van der Waals surface area contributed by atoms with Gasteiger partial charge in [-0.2, -0.15) is 4.31 Å². The number of carbonyl (C=O) groups is 1. The average Bonchev–Trinajstić information content (AvgIpc) is 3.45. The number of nitrogens with one attached hydrogen (secondary N) is 1. The number of aryl methyl sites for hydroxylation is 1. The number of aromatic nitrogens is 2. The van der Waals surface area contributed by atoms with Gasteiger partial charge in [0, 0.05) is 12.6 Å². The van der Waals surface area contributed by atoms with Crippen molar-refractivity contribution in [2.24, 2.45) is 0 Å². The Labute approximate surface area is 188 Å². The fraction of sp³-hybridized carbons (Fsp3) is 0.286. The molecule has 0 spiro atoms. The first-order chi connectivity index (χ1) is 15.3. The van der Waals surface area contributed by atoms with Crippen molar-refractivity contribution in [1.82, 2.24) is 14.5 Å². The van der Waals surface area contributed by atoms with Gasteiger partial charge in [-0.15, -0.1) is 10.2 Å². The molecule has 2 heterocycles. The molecule has 11 heteroatoms. The number of sulfonamides is 1. The molecule has 1 aliphatic rings. The van der Waals surface area contributed by atoms with Gasteiger partial charge in [0.1, 0.15) is 16.6 Å². The molecule has 0 unspecified atom stereocenters. The van der Waals surface area contributed by atoms with E-state index in [4.69, 9.17) is 0 Å². The number of halogens is 2. The predicted molar refractivity (Wildman–Crippen MR) is 116 cm³/mol. The van der Waals surface area contributed by atoms with Crippen LogP contribution in [-0.4, -0.2) is 35.4 Å². The van der Waals surface area contributed by atoms with Crippen LogP contribution in [0.25, 0.3) is 0 Å². The van der Waals surface area contributed by atoms with Gasteiger partial charge >= 0.3 is 0 Å². The molecule has 0 radical (unpaired) electrons. The van der Waals surface area contributed by atoms with Gasteiger partial charge in [-0.1, -0.05) is 30.4 Å². The molecule has 0 bridgehead atoms. The highest BCUT2D eigenvalue weighted by atomic mass is 32.2. The van der Waals surface area contributed by atoms with E-state index in [1.54, 1.807) is 24.3 Å². The third-order valence-corrected chi connectivity index (χ3v) is 8.19. The van der Waals surface area contributed by atoms with Crippen molar-refractivity contribution < 1.29 is 22.0 Å². The van der Waals surface area contributed by atoms with Crippen molar-refractivity contribution in [3.63, 3.8) is 0 Å². The highest BCUT2D eigenvalue weighted by Crippen LogP contribution is 2.37. The van der Waals surface area contributed by atoms with Crippen LogP contribution in [0.15, 0.2) is 47.4 Å². The number of benzene rings is 2. The Hall–Kier alpha value is -2.76. The van der Waals surface area contributed by atoms with E-state index in [1.165, 1.54) is 4.31 Å². The Kier molecular flexibility index (Phi) is 6.31. The SMILES string of the molecule is CCc1ccc(S(=O)(=O)N2CCC[C@H]2c2nnc(C(=O)Nc3ccc(F)cc3F)s2)cc1. The molecule has 32 heavy (non-hydrogen) atoms. The van der Waals surface area contributed by atoms with Crippen molar-refractivity contribution in [2.45, 2.75) is 37.1 Å². The smallest absolute Gasteiger partial charge is 0.286 e. The van der Waals surface area contributed by atoms with Gasteiger partial charge in [-0.05, 0) is 49.1 Å². The number of rotatable bonds is 6. The van der Waals surface area contributed by atoms with Gasteiger partial charge in [0.25, 0.3) is 5.91 Å². The Bertz CT molecular complexity index is 1250. The van der Waals surface area contributed by atoms with E-state index in [0.717, 1.165) is 35.5 Å². The lowest BCUT2D eigenvalue weighted by atomic mass is 10.2. The minimum Gasteiger partial charge on any atom is -0.317 e. The molecule has 1 aliphatic heterocycles. The Balaban J connectivity index is 1.54. The van der Waals surface area contributed by atoms with Crippen LogP contribution < -0.4 is 5.32 Å². The summed E-state index contributed by atoms with van der Waals surface area (Å²) < 4.78 is 54.6. The van der Waals surface area contributed by atoms with Crippen LogP contribution in [-0.2, 0) is 16.4 Å². The second kappa shape index (κ2) is 9.00. The summed E-state index contributed by atoms with van der Waals surface area (Å²) in [5, 5.41) is 10.6. The van der Waals surface area contributed by atoms with Gasteiger partial charge in [0.2, 0.25) is 15.0 Å². The predicted octanol–water partition coefficient (Wildman–Crippen LogP) is 4.16. The summed E-state index contributed by atoms with van der Waals surface area (Å²) in [6, 6.07) is 9.04. The van der Waals surface area contributed by atoms with Gasteiger partial charge in [-0.3, -0.25) is 4.79 Å². The molecule has 2 aromatic carbocycles. The summed E-state index contributed by atoms with van der Waals surface area (Å²) >= 11 is 0.951. The maximum atomic E-state index is 13.8. The molecule has 1 amide bonds. The van der Waals surface area contributed by atoms with Crippen LogP contribution in [0.4, 0.5) is 14.5 Å². The zero-order valence-corrected chi connectivity index (χ0v) is 18.7. The Morgan fingerprint density at radius 1 is 1.19 bits per heavy atom. The monoisotopic (exact) mass is 478 g/mol. The Morgan fingerprint density at radius 3 is 2.62 bits per heavy atom. The van der Waals surface area contributed by atoms with Gasteiger partial charge in [-0.25, -0.2) is 17.2 Å². The fourth-order valence-electron chi connectivity index (χ4n) is 3.53. The molecule has 1 N–H and O–H groups in total. The summed E-state index contributed by atoms with van der Waals surface area (Å²) in [5.41, 5.74) is 0.855. The minimum atomic E-state index is -3.74. The third-order valence-electron chi connectivity index (χ3n) is 5.24. The van der Waals surface area contributed by atoms with E-state index in [0.29, 0.717) is 30.5 Å². The number of anilines is 1. The fourth-order valence-corrected chi connectivity index (χ4v) is 6.15. The minimum absolute atomic E-state index is 0.0414. The molecule has 3 aromatic rings. The second-order valence-corrected chi connectivity index (χ2v) is 10.2. The number of hydrogen-bond donors (Lipinski definition) is 1. The molecule has 0 aliphatic carbocycles. The standard InChI is InChI=1S/C21H20F2N4O3S2/c1-2-13-5-8-15(9-6-13)32(29,30)27-11-3-4-18(27)20-25-26-21(31-20)19(28)24-17-10-7-14(22)12-16(17)23/h5-10,12,18H,2-4,11H2,1H3,(H,24,28)/t18-/m0/s1. The first-order valence-corrected chi connectivity index (χ1v) is 12.3. The highest BCUT2D eigenvalue weighted by Gasteiger charge is 2.38. The summed E-state index contributed by atoms with van der Waals surface area (Å²) in [7, 11) is -3.74. The quantitative estimate of drug-likeness (QED) is 0.575. The van der Waals surface area contributed by atoms with Crippen molar-refractivity contribution in [3.05, 3.63) is 69.7 Å². The number of amides is 1. The van der Waals surface area contributed by atoms with E-state index in [1.807, 2.05) is 6.92 Å². The van der Waals surface area contributed by atoms with Crippen molar-refractivity contribution >= 4 is 33.0 Å². The number of carbonyl (C=O) groups excluding carboxylic acids is 1. The molecule has 168 valence electrons. The third kappa shape index (κ3) is 4.41. The number of nitrogens with zero attached hydrogens (tertiary/aromatic N) is 3. The summed E-state index contributed by atoms with van der Waals surface area (Å²) in [6.07, 6.45) is 2.01. The van der Waals surface area contributed by atoms with Crippen LogP contribution in [0.3, 0.4) is 0 Å². The van der Waals surface area contributed by atoms with Crippen molar-refractivity contribution in [2.75, 3.05) is 11.9 Å². The second-order valence-electron chi connectivity index (χ2n) is 7.30. The largest absolute Gasteiger partial charge is 0.317 e. The zero-order chi connectivity index (χ0) is 22.9. The normalized spacial score (nSPS) is 16.9. The summed E-state index contributed by atoms with van der Waals surface area (Å²) in [4.78, 5) is 12.6. The van der Waals surface area contributed by atoms with E-state index in [2.05, 4.69) is 15.5 Å². The lowest BCUT2D eigenvalue weighted by Gasteiger charge is -2.22. The Morgan fingerprint density at radius 2 is 1.94 bits per heavy atom. The molecular formula is C21H20F2N4O3S2. The van der Waals surface area contributed by atoms with Crippen LogP contribution >= 0.6 is 11.3 Å². The molecule has 1 aromatic heterocycles. The van der Waals surface area contributed by atoms with E-state index >= 15 is 0 Å². The summed E-state index contributed by atoms with van der Waals surface area (Å²) in [5.74, 6) is -2.38.